The molecule has 2 aromatic rings. The highest BCUT2D eigenvalue weighted by Gasteiger charge is 2.14. The zero-order chi connectivity index (χ0) is 26.8. The van der Waals surface area contributed by atoms with Crippen LogP contribution in [0, 0.1) is 5.82 Å². The van der Waals surface area contributed by atoms with Crippen molar-refractivity contribution in [2.75, 3.05) is 20.0 Å². The van der Waals surface area contributed by atoms with Crippen molar-refractivity contribution in [2.24, 2.45) is 0 Å². The van der Waals surface area contributed by atoms with Gasteiger partial charge in [0.25, 0.3) is 0 Å². The van der Waals surface area contributed by atoms with Gasteiger partial charge in [-0.2, -0.15) is 0 Å². The Morgan fingerprint density at radius 2 is 1.25 bits per heavy atom. The van der Waals surface area contributed by atoms with Crippen molar-refractivity contribution in [3.05, 3.63) is 78.7 Å². The highest BCUT2D eigenvalue weighted by atomic mass is 19.1. The van der Waals surface area contributed by atoms with Gasteiger partial charge in [0.15, 0.2) is 23.1 Å². The normalized spacial score (nSPS) is 10.1. The zero-order valence-corrected chi connectivity index (χ0v) is 20.4. The van der Waals surface area contributed by atoms with Crippen LogP contribution in [0.25, 0.3) is 11.1 Å². The smallest absolute Gasteiger partial charge is 0.338 e. The molecule has 0 saturated heterocycles. The van der Waals surface area contributed by atoms with Crippen LogP contribution in [0.15, 0.2) is 72.9 Å². The molecule has 0 amide bonds. The molecule has 0 aliphatic heterocycles. The molecule has 0 aromatic heterocycles. The maximum absolute atomic E-state index is 14.6. The van der Waals surface area contributed by atoms with E-state index in [0.29, 0.717) is 11.1 Å². The number of esters is 3. The van der Waals surface area contributed by atoms with Gasteiger partial charge in [-0.3, -0.25) is 0 Å². The van der Waals surface area contributed by atoms with Gasteiger partial charge >= 0.3 is 17.9 Å². The molecular weight excluding hydrogens is 471 g/mol. The lowest BCUT2D eigenvalue weighted by atomic mass is 10.0. The Labute approximate surface area is 208 Å². The fraction of sp³-hybridized carbons (Fsp3) is 0.222. The summed E-state index contributed by atoms with van der Waals surface area (Å²) in [6, 6.07) is 8.84. The van der Waals surface area contributed by atoms with Crippen LogP contribution >= 0.6 is 0 Å². The minimum Gasteiger partial charge on any atom is -0.486 e. The van der Waals surface area contributed by atoms with Crippen LogP contribution in [0.3, 0.4) is 0 Å². The van der Waals surface area contributed by atoms with Crippen LogP contribution in [0.2, 0.25) is 0 Å². The van der Waals surface area contributed by atoms with Gasteiger partial charge in [0.05, 0.1) is 0 Å². The molecule has 0 N–H and O–H groups in total. The summed E-state index contributed by atoms with van der Waals surface area (Å²) in [5.41, 5.74) is 1.61. The number of carbonyl (C=O) groups is 3. The lowest BCUT2D eigenvalue weighted by Crippen LogP contribution is -2.14. The Morgan fingerprint density at radius 3 is 1.83 bits per heavy atom. The summed E-state index contributed by atoms with van der Waals surface area (Å²) in [6.45, 7) is 14.5. The molecule has 0 unspecified atom stereocenters. The van der Waals surface area contributed by atoms with Gasteiger partial charge in [-0.05, 0) is 56.2 Å². The van der Waals surface area contributed by atoms with Crippen LogP contribution in [0.4, 0.5) is 4.39 Å². The molecule has 2 aromatic carbocycles. The molecule has 0 fully saturated rings. The zero-order valence-electron chi connectivity index (χ0n) is 20.4. The SMILES string of the molecule is C=C(C)C(=O)OCCOc1cc(-c2ccc(OC(=O)C(=C)C)c(F)c2)ccc1OCOC(=O)C(=C)C. The van der Waals surface area contributed by atoms with E-state index in [1.165, 1.54) is 32.9 Å². The van der Waals surface area contributed by atoms with Crippen molar-refractivity contribution >= 4 is 17.9 Å². The number of benzene rings is 2. The van der Waals surface area contributed by atoms with Gasteiger partial charge in [-0.25, -0.2) is 18.8 Å². The van der Waals surface area contributed by atoms with Crippen molar-refractivity contribution in [3.63, 3.8) is 0 Å². The second kappa shape index (κ2) is 12.9. The molecule has 2 rings (SSSR count). The Hall–Kier alpha value is -4.40. The van der Waals surface area contributed by atoms with Gasteiger partial charge in [0.1, 0.15) is 13.2 Å². The fourth-order valence-corrected chi connectivity index (χ4v) is 2.55. The molecule has 0 radical (unpaired) electrons. The first-order valence-corrected chi connectivity index (χ1v) is 10.7. The second-order valence-electron chi connectivity index (χ2n) is 7.72. The van der Waals surface area contributed by atoms with Crippen molar-refractivity contribution < 1.29 is 42.5 Å². The topological polar surface area (TPSA) is 97.4 Å². The summed E-state index contributed by atoms with van der Waals surface area (Å²) in [4.78, 5) is 34.8. The Bertz CT molecular complexity index is 1200. The first-order chi connectivity index (χ1) is 17.0. The Kier molecular flexibility index (Phi) is 9.97. The Morgan fingerprint density at radius 1 is 0.694 bits per heavy atom. The quantitative estimate of drug-likeness (QED) is 0.134. The summed E-state index contributed by atoms with van der Waals surface area (Å²) in [5.74, 6) is -2.44. The summed E-state index contributed by atoms with van der Waals surface area (Å²) in [5, 5.41) is 0. The third-order valence-electron chi connectivity index (χ3n) is 4.44. The first-order valence-electron chi connectivity index (χ1n) is 10.7. The number of ether oxygens (including phenoxy) is 5. The Balaban J connectivity index is 2.23. The molecule has 0 atom stereocenters. The van der Waals surface area contributed by atoms with Gasteiger partial charge in [0, 0.05) is 16.7 Å². The third-order valence-corrected chi connectivity index (χ3v) is 4.44. The molecule has 190 valence electrons. The highest BCUT2D eigenvalue weighted by Crippen LogP contribution is 2.34. The minimum atomic E-state index is -0.747. The van der Waals surface area contributed by atoms with Crippen molar-refractivity contribution in [1.82, 2.24) is 0 Å². The van der Waals surface area contributed by atoms with Gasteiger partial charge in [-0.15, -0.1) is 0 Å². The van der Waals surface area contributed by atoms with E-state index in [4.69, 9.17) is 23.7 Å². The largest absolute Gasteiger partial charge is 0.486 e. The lowest BCUT2D eigenvalue weighted by molar-refractivity contribution is -0.145. The van der Waals surface area contributed by atoms with Crippen LogP contribution in [0.5, 0.6) is 17.2 Å². The number of hydrogen-bond acceptors (Lipinski definition) is 8. The standard InChI is InChI=1S/C27H27FO8/c1-16(2)25(29)33-12-11-32-24-14-20(8-10-23(24)34-15-35-26(30)17(3)4)19-7-9-22(21(28)13-19)36-27(31)18(5)6/h7-10,13-14H,1,3,5,11-12,15H2,2,4,6H3. The van der Waals surface area contributed by atoms with Crippen LogP contribution in [-0.4, -0.2) is 37.9 Å². The summed E-state index contributed by atoms with van der Waals surface area (Å²) in [6.07, 6.45) is 0. The lowest BCUT2D eigenvalue weighted by Gasteiger charge is -2.15. The number of carbonyl (C=O) groups excluding carboxylic acids is 3. The van der Waals surface area contributed by atoms with E-state index < -0.39 is 30.5 Å². The highest BCUT2D eigenvalue weighted by molar-refractivity contribution is 5.89. The second-order valence-corrected chi connectivity index (χ2v) is 7.72. The summed E-state index contributed by atoms with van der Waals surface area (Å²) < 4.78 is 40.7. The van der Waals surface area contributed by atoms with Gasteiger partial charge in [0.2, 0.25) is 6.79 Å². The van der Waals surface area contributed by atoms with E-state index in [1.54, 1.807) is 24.3 Å². The monoisotopic (exact) mass is 498 g/mol. The van der Waals surface area contributed by atoms with Crippen molar-refractivity contribution in [3.8, 4) is 28.4 Å². The number of hydrogen-bond donors (Lipinski definition) is 0. The van der Waals surface area contributed by atoms with E-state index in [9.17, 15) is 18.8 Å². The van der Waals surface area contributed by atoms with Crippen LogP contribution < -0.4 is 14.2 Å². The molecule has 0 saturated carbocycles. The molecule has 8 nitrogen and oxygen atoms in total. The maximum Gasteiger partial charge on any atom is 0.338 e. The van der Waals surface area contributed by atoms with Crippen molar-refractivity contribution in [2.45, 2.75) is 20.8 Å². The van der Waals surface area contributed by atoms with E-state index in [2.05, 4.69) is 19.7 Å². The van der Waals surface area contributed by atoms with E-state index >= 15 is 0 Å². The molecular formula is C27H27FO8. The molecule has 0 heterocycles. The molecule has 0 spiro atoms. The molecule has 0 bridgehead atoms. The average Bonchev–Trinajstić information content (AvgIpc) is 2.83. The van der Waals surface area contributed by atoms with Gasteiger partial charge in [-0.1, -0.05) is 31.9 Å². The number of rotatable bonds is 12. The number of halogens is 1. The molecule has 0 aliphatic rings. The van der Waals surface area contributed by atoms with Gasteiger partial charge < -0.3 is 23.7 Å². The van der Waals surface area contributed by atoms with Crippen LogP contribution in [-0.2, 0) is 23.9 Å². The van der Waals surface area contributed by atoms with Crippen LogP contribution in [0.1, 0.15) is 20.8 Å². The summed E-state index contributed by atoms with van der Waals surface area (Å²) in [7, 11) is 0. The summed E-state index contributed by atoms with van der Waals surface area (Å²) >= 11 is 0. The average molecular weight is 499 g/mol. The third kappa shape index (κ3) is 8.12. The fourth-order valence-electron chi connectivity index (χ4n) is 2.55. The first kappa shape index (κ1) is 27.8. The van der Waals surface area contributed by atoms with E-state index in [-0.39, 0.29) is 47.2 Å². The minimum absolute atomic E-state index is 0.0193. The maximum atomic E-state index is 14.6. The van der Waals surface area contributed by atoms with Crippen molar-refractivity contribution in [1.29, 1.82) is 0 Å². The molecule has 0 aliphatic carbocycles. The predicted molar refractivity (Wildman–Crippen MR) is 130 cm³/mol. The molecule has 9 heteroatoms. The molecule has 36 heavy (non-hydrogen) atoms. The van der Waals surface area contributed by atoms with E-state index in [1.807, 2.05) is 0 Å². The predicted octanol–water partition coefficient (Wildman–Crippen LogP) is 4.93. The van der Waals surface area contributed by atoms with E-state index in [0.717, 1.165) is 0 Å².